The highest BCUT2D eigenvalue weighted by Gasteiger charge is 2.37. The molecule has 0 aliphatic carbocycles. The summed E-state index contributed by atoms with van der Waals surface area (Å²) in [5, 5.41) is 40.3. The van der Waals surface area contributed by atoms with E-state index >= 15 is 0 Å². The molecular formula is C52H71N21O12. The standard InChI is InChI=1S/C52H71N21O12/c1-26(2)7-34(53)44(76)66-35(5-6-42(74)75)45(77)67-36(8-28-14-54-20-60-28)46(78)68-37(9-29-15-55-21-61-29)47(79)69-38(10-30-16-56-22-62-30)48(80)70-39(11-31-17-57-23-63-31)49(81)71-40(12-32-18-58-24-64-32)50(82)72-41(13-33-19-59-25-65-33)51(83)73-43(27(3)4)52(84)85/h14-27,34-41,43H,5-13,53H2,1-4H3,(H,54,60)(H,55,61)(H,56,62)(H,57,63)(H,58,64)(H,59,65)(H,66,76)(H,67,77)(H,68,78)(H,69,79)(H,70,80)(H,71,81)(H,72,82)(H,73,83)(H,74,75)(H,84,85)/t34-,35-,36-,37-,38-,39-,40-,41-,43-/m0/s1. The lowest BCUT2D eigenvalue weighted by Crippen LogP contribution is -2.61. The second kappa shape index (κ2) is 31.4. The maximum absolute atomic E-state index is 14.8. The normalized spacial score (nSPS) is 14.5. The fraction of sp³-hybridized carbons (Fsp3) is 0.462. The predicted octanol–water partition coefficient (Wildman–Crippen LogP) is -3.36. The Hall–Kier alpha value is -10.1. The van der Waals surface area contributed by atoms with Gasteiger partial charge in [0.25, 0.3) is 0 Å². The molecule has 18 N–H and O–H groups in total. The number of aromatic nitrogens is 12. The topological polar surface area (TPSA) is 505 Å². The van der Waals surface area contributed by atoms with Crippen LogP contribution in [-0.4, -0.2) is 184 Å². The minimum atomic E-state index is -1.54. The molecule has 33 heteroatoms. The molecule has 0 saturated heterocycles. The van der Waals surface area contributed by atoms with E-state index in [0.29, 0.717) is 34.2 Å². The van der Waals surface area contributed by atoms with Crippen LogP contribution in [0.3, 0.4) is 0 Å². The van der Waals surface area contributed by atoms with Gasteiger partial charge in [-0.3, -0.25) is 43.2 Å². The Balaban J connectivity index is 1.26. The molecule has 0 radical (unpaired) electrons. The summed E-state index contributed by atoms with van der Waals surface area (Å²) in [5.74, 6) is -10.2. The fourth-order valence-corrected chi connectivity index (χ4v) is 8.78. The predicted molar refractivity (Wildman–Crippen MR) is 296 cm³/mol. The molecule has 0 aromatic carbocycles. The van der Waals surface area contributed by atoms with Crippen LogP contribution in [0.2, 0.25) is 0 Å². The van der Waals surface area contributed by atoms with E-state index in [1.54, 1.807) is 13.8 Å². The number of nitrogens with two attached hydrogens (primary N) is 1. The van der Waals surface area contributed by atoms with Crippen molar-refractivity contribution in [3.8, 4) is 0 Å². The largest absolute Gasteiger partial charge is 0.481 e. The van der Waals surface area contributed by atoms with Crippen LogP contribution in [0.25, 0.3) is 0 Å². The van der Waals surface area contributed by atoms with Crippen molar-refractivity contribution in [2.24, 2.45) is 17.6 Å². The second-order valence-electron chi connectivity index (χ2n) is 20.9. The third-order valence-corrected chi connectivity index (χ3v) is 13.2. The number of rotatable bonds is 35. The van der Waals surface area contributed by atoms with Crippen molar-refractivity contribution in [3.63, 3.8) is 0 Å². The smallest absolute Gasteiger partial charge is 0.326 e. The van der Waals surface area contributed by atoms with Crippen LogP contribution in [-0.2, 0) is 86.5 Å². The van der Waals surface area contributed by atoms with Gasteiger partial charge < -0.3 is 88.4 Å². The van der Waals surface area contributed by atoms with E-state index in [1.807, 2.05) is 13.8 Å². The third-order valence-electron chi connectivity index (χ3n) is 13.2. The lowest BCUT2D eigenvalue weighted by Gasteiger charge is -2.28. The molecule has 6 aromatic rings. The van der Waals surface area contributed by atoms with Gasteiger partial charge in [0.15, 0.2) is 0 Å². The van der Waals surface area contributed by atoms with Crippen LogP contribution in [0.1, 0.15) is 81.1 Å². The van der Waals surface area contributed by atoms with Gasteiger partial charge in [-0.25, -0.2) is 34.7 Å². The number of carbonyl (C=O) groups is 10. The first-order valence-corrected chi connectivity index (χ1v) is 27.1. The van der Waals surface area contributed by atoms with Crippen molar-refractivity contribution in [1.82, 2.24) is 102 Å². The molecule has 33 nitrogen and oxygen atoms in total. The molecule has 6 rings (SSSR count). The number of amides is 8. The van der Waals surface area contributed by atoms with E-state index in [4.69, 9.17) is 5.73 Å². The van der Waals surface area contributed by atoms with E-state index in [1.165, 1.54) is 75.1 Å². The van der Waals surface area contributed by atoms with E-state index in [9.17, 15) is 58.2 Å². The number of imidazole rings is 6. The molecule has 0 saturated carbocycles. The van der Waals surface area contributed by atoms with Crippen LogP contribution in [0, 0.1) is 11.8 Å². The van der Waals surface area contributed by atoms with Crippen molar-refractivity contribution in [2.45, 2.75) is 140 Å². The molecule has 0 fully saturated rings. The van der Waals surface area contributed by atoms with Gasteiger partial charge in [-0.2, -0.15) is 0 Å². The molecule has 6 aromatic heterocycles. The number of hydrogen-bond acceptors (Lipinski definition) is 17. The number of H-pyrrole nitrogens is 6. The van der Waals surface area contributed by atoms with Crippen molar-refractivity contribution in [3.05, 3.63) is 109 Å². The number of hydrogen-bond donors (Lipinski definition) is 17. The van der Waals surface area contributed by atoms with Crippen LogP contribution in [0.4, 0.5) is 0 Å². The quantitative estimate of drug-likeness (QED) is 0.0185. The minimum Gasteiger partial charge on any atom is -0.481 e. The summed E-state index contributed by atoms with van der Waals surface area (Å²) < 4.78 is 0. The van der Waals surface area contributed by atoms with Crippen LogP contribution >= 0.6 is 0 Å². The number of nitrogens with zero attached hydrogens (tertiary/aromatic N) is 6. The molecule has 6 heterocycles. The average Bonchev–Trinajstić information content (AvgIpc) is 4.47. The van der Waals surface area contributed by atoms with Crippen LogP contribution in [0.15, 0.2) is 75.1 Å². The number of carboxylic acids is 2. The van der Waals surface area contributed by atoms with E-state index in [-0.39, 0.29) is 57.3 Å². The monoisotopic (exact) mass is 1180 g/mol. The van der Waals surface area contributed by atoms with Gasteiger partial charge in [0.2, 0.25) is 47.3 Å². The highest BCUT2D eigenvalue weighted by atomic mass is 16.4. The van der Waals surface area contributed by atoms with Crippen molar-refractivity contribution >= 4 is 59.2 Å². The molecule has 0 unspecified atom stereocenters. The molecular weight excluding hydrogens is 1110 g/mol. The number of carboxylic acid groups (broad SMARTS) is 2. The van der Waals surface area contributed by atoms with Gasteiger partial charge in [0, 0.05) is 116 Å². The Morgan fingerprint density at radius 1 is 0.400 bits per heavy atom. The third kappa shape index (κ3) is 20.4. The van der Waals surface area contributed by atoms with Crippen LogP contribution in [0.5, 0.6) is 0 Å². The van der Waals surface area contributed by atoms with Gasteiger partial charge in [0.05, 0.1) is 44.0 Å². The molecule has 0 spiro atoms. The Kier molecular flexibility index (Phi) is 23.7. The Bertz CT molecular complexity index is 3100. The van der Waals surface area contributed by atoms with Crippen LogP contribution < -0.4 is 48.3 Å². The maximum atomic E-state index is 14.8. The summed E-state index contributed by atoms with van der Waals surface area (Å²) in [7, 11) is 0. The highest BCUT2D eigenvalue weighted by molar-refractivity contribution is 5.98. The number of aliphatic carboxylic acids is 2. The number of carbonyl (C=O) groups excluding carboxylic acids is 8. The molecule has 0 bridgehead atoms. The molecule has 0 aliphatic rings. The van der Waals surface area contributed by atoms with Gasteiger partial charge in [-0.05, 0) is 24.7 Å². The number of aromatic amines is 6. The van der Waals surface area contributed by atoms with Gasteiger partial charge in [-0.15, -0.1) is 0 Å². The first-order valence-electron chi connectivity index (χ1n) is 27.1. The first kappa shape index (κ1) is 64.1. The Morgan fingerprint density at radius 2 is 0.647 bits per heavy atom. The minimum absolute atomic E-state index is 0.00308. The first-order chi connectivity index (χ1) is 40.6. The zero-order valence-corrected chi connectivity index (χ0v) is 46.9. The summed E-state index contributed by atoms with van der Waals surface area (Å²) in [6.07, 6.45) is 14.3. The lowest BCUT2D eigenvalue weighted by atomic mass is 10.0. The summed E-state index contributed by atoms with van der Waals surface area (Å²) in [4.78, 5) is 179. The lowest BCUT2D eigenvalue weighted by molar-refractivity contribution is -0.143. The van der Waals surface area contributed by atoms with Gasteiger partial charge in [-0.1, -0.05) is 27.7 Å². The summed E-state index contributed by atoms with van der Waals surface area (Å²) in [6, 6.07) is -12.8. The summed E-state index contributed by atoms with van der Waals surface area (Å²) in [6.45, 7) is 6.87. The number of nitrogens with one attached hydrogen (secondary N) is 14. The summed E-state index contributed by atoms with van der Waals surface area (Å²) in [5.41, 5.74) is 8.26. The Morgan fingerprint density at radius 3 is 0.859 bits per heavy atom. The zero-order valence-electron chi connectivity index (χ0n) is 46.9. The molecule has 8 amide bonds. The highest BCUT2D eigenvalue weighted by Crippen LogP contribution is 2.12. The van der Waals surface area contributed by atoms with E-state index in [2.05, 4.69) is 102 Å². The Labute approximate surface area is 485 Å². The molecule has 9 atom stereocenters. The summed E-state index contributed by atoms with van der Waals surface area (Å²) >= 11 is 0. The van der Waals surface area contributed by atoms with Crippen molar-refractivity contribution in [1.29, 1.82) is 0 Å². The van der Waals surface area contributed by atoms with E-state index in [0.717, 1.165) is 0 Å². The molecule has 0 aliphatic heterocycles. The van der Waals surface area contributed by atoms with Gasteiger partial charge in [0.1, 0.15) is 48.3 Å². The molecule has 456 valence electrons. The van der Waals surface area contributed by atoms with Crippen molar-refractivity contribution in [2.75, 3.05) is 0 Å². The SMILES string of the molecule is CC(C)C[C@H](N)C(=O)N[C@@H](CCC(=O)O)C(=O)N[C@@H](Cc1cnc[nH]1)C(=O)N[C@@H](Cc1cnc[nH]1)C(=O)N[C@@H](Cc1cnc[nH]1)C(=O)N[C@@H](Cc1cnc[nH]1)C(=O)N[C@@H](Cc1cnc[nH]1)C(=O)N[C@@H](Cc1cnc[nH]1)C(=O)N[C@H](C(=O)O)C(C)C. The average molecular weight is 1180 g/mol. The molecule has 85 heavy (non-hydrogen) atoms. The second-order valence-corrected chi connectivity index (χ2v) is 20.9. The van der Waals surface area contributed by atoms with Gasteiger partial charge >= 0.3 is 11.9 Å². The maximum Gasteiger partial charge on any atom is 0.326 e. The zero-order chi connectivity index (χ0) is 61.6. The van der Waals surface area contributed by atoms with Crippen molar-refractivity contribution < 1.29 is 58.2 Å². The van der Waals surface area contributed by atoms with E-state index < -0.39 is 126 Å². The fourth-order valence-electron chi connectivity index (χ4n) is 8.78.